The molecule has 0 saturated heterocycles. The first-order valence-electron chi connectivity index (χ1n) is 10.5. The van der Waals surface area contributed by atoms with Crippen LogP contribution in [-0.2, 0) is 16.0 Å². The Hall–Kier alpha value is -2.39. The first-order valence-corrected chi connectivity index (χ1v) is 10.5. The molecule has 0 aliphatic heterocycles. The number of benzene rings is 1. The van der Waals surface area contributed by atoms with Gasteiger partial charge in [-0.3, -0.25) is 4.90 Å². The van der Waals surface area contributed by atoms with Crippen LogP contribution in [0.5, 0.6) is 5.75 Å². The molecule has 3 aromatic rings. The number of rotatable bonds is 12. The molecule has 2 heterocycles. The molecule has 1 aromatic carbocycles. The van der Waals surface area contributed by atoms with Gasteiger partial charge in [-0.1, -0.05) is 0 Å². The molecule has 170 valence electrons. The molecule has 0 spiro atoms. The summed E-state index contributed by atoms with van der Waals surface area (Å²) in [4.78, 5) is 14.0. The van der Waals surface area contributed by atoms with Crippen molar-refractivity contribution in [3.8, 4) is 5.75 Å². The van der Waals surface area contributed by atoms with Gasteiger partial charge in [0.1, 0.15) is 5.76 Å². The van der Waals surface area contributed by atoms with Crippen LogP contribution >= 0.6 is 0 Å². The summed E-state index contributed by atoms with van der Waals surface area (Å²) < 4.78 is 28.2. The highest BCUT2D eigenvalue weighted by atomic mass is 16.5. The van der Waals surface area contributed by atoms with Crippen LogP contribution in [0, 0.1) is 13.8 Å². The van der Waals surface area contributed by atoms with Crippen molar-refractivity contribution in [2.75, 3.05) is 60.7 Å². The molecule has 3 rings (SSSR count). The van der Waals surface area contributed by atoms with E-state index in [1.54, 1.807) is 7.11 Å². The van der Waals surface area contributed by atoms with Gasteiger partial charge in [0.05, 0.1) is 33.5 Å². The number of methoxy groups -OCH3 is 1. The summed E-state index contributed by atoms with van der Waals surface area (Å²) in [6, 6.07) is 3.51. The summed E-state index contributed by atoms with van der Waals surface area (Å²) in [6.07, 6.45) is 0. The van der Waals surface area contributed by atoms with Crippen molar-refractivity contribution in [3.05, 3.63) is 39.4 Å². The van der Waals surface area contributed by atoms with Crippen molar-refractivity contribution in [2.45, 2.75) is 20.4 Å². The Morgan fingerprint density at radius 2 is 1.71 bits per heavy atom. The second kappa shape index (κ2) is 10.8. The average molecular weight is 433 g/mol. The zero-order valence-electron chi connectivity index (χ0n) is 19.0. The monoisotopic (exact) mass is 432 g/mol. The molecule has 0 unspecified atom stereocenters. The summed E-state index contributed by atoms with van der Waals surface area (Å²) in [5.41, 5.74) is 2.53. The van der Waals surface area contributed by atoms with Crippen molar-refractivity contribution in [1.82, 2.24) is 10.2 Å². The third-order valence-electron chi connectivity index (χ3n) is 5.28. The number of nitrogens with one attached hydrogen (secondary N) is 1. The third-order valence-corrected chi connectivity index (χ3v) is 5.28. The van der Waals surface area contributed by atoms with Crippen molar-refractivity contribution >= 4 is 21.9 Å². The zero-order chi connectivity index (χ0) is 22.4. The molecule has 0 aliphatic rings. The zero-order valence-corrected chi connectivity index (χ0v) is 19.0. The summed E-state index contributed by atoms with van der Waals surface area (Å²) in [6.45, 7) is 8.64. The maximum absolute atomic E-state index is 11.9. The molecule has 0 fully saturated rings. The van der Waals surface area contributed by atoms with E-state index < -0.39 is 5.63 Å². The summed E-state index contributed by atoms with van der Waals surface area (Å²) in [5.74, 6) is 1.27. The fraction of sp³-hybridized carbons (Fsp3) is 0.522. The van der Waals surface area contributed by atoms with E-state index in [-0.39, 0.29) is 0 Å². The lowest BCUT2D eigenvalue weighted by Gasteiger charge is -2.17. The molecule has 0 radical (unpaired) electrons. The highest BCUT2D eigenvalue weighted by Gasteiger charge is 2.21. The van der Waals surface area contributed by atoms with E-state index in [0.29, 0.717) is 49.9 Å². The second-order valence-corrected chi connectivity index (χ2v) is 7.61. The molecule has 8 heteroatoms. The number of ether oxygens (including phenoxy) is 3. The van der Waals surface area contributed by atoms with E-state index in [1.165, 1.54) is 6.07 Å². The fourth-order valence-electron chi connectivity index (χ4n) is 3.58. The minimum absolute atomic E-state index is 0.404. The molecule has 31 heavy (non-hydrogen) atoms. The Balaban J connectivity index is 1.72. The second-order valence-electron chi connectivity index (χ2n) is 7.61. The van der Waals surface area contributed by atoms with Crippen molar-refractivity contribution in [3.63, 3.8) is 0 Å². The maximum Gasteiger partial charge on any atom is 0.336 e. The molecule has 2 aromatic heterocycles. The predicted molar refractivity (Wildman–Crippen MR) is 120 cm³/mol. The topological polar surface area (TPSA) is 86.3 Å². The molecular weight excluding hydrogens is 400 g/mol. The SMILES string of the molecule is CNCCOCCOCCN(C)Cc1c(C)oc2c(OC)c3oc(=O)cc(C)c3cc12. The molecule has 0 aliphatic carbocycles. The Labute approximate surface area is 182 Å². The molecule has 0 amide bonds. The number of hydrogen-bond acceptors (Lipinski definition) is 8. The third kappa shape index (κ3) is 5.46. The minimum Gasteiger partial charge on any atom is -0.490 e. The van der Waals surface area contributed by atoms with Gasteiger partial charge in [-0.2, -0.15) is 0 Å². The lowest BCUT2D eigenvalue weighted by molar-refractivity contribution is 0.0416. The fourth-order valence-corrected chi connectivity index (χ4v) is 3.58. The van der Waals surface area contributed by atoms with Gasteiger partial charge in [-0.05, 0) is 39.6 Å². The van der Waals surface area contributed by atoms with Gasteiger partial charge < -0.3 is 28.4 Å². The number of hydrogen-bond donors (Lipinski definition) is 1. The van der Waals surface area contributed by atoms with E-state index in [1.807, 2.05) is 34.0 Å². The van der Waals surface area contributed by atoms with E-state index in [4.69, 9.17) is 23.0 Å². The molecular formula is C23H32N2O6. The van der Waals surface area contributed by atoms with Crippen LogP contribution in [0.15, 0.2) is 25.8 Å². The van der Waals surface area contributed by atoms with Gasteiger partial charge in [-0.15, -0.1) is 0 Å². The van der Waals surface area contributed by atoms with Crippen LogP contribution < -0.4 is 15.7 Å². The van der Waals surface area contributed by atoms with Crippen molar-refractivity contribution < 1.29 is 23.0 Å². The van der Waals surface area contributed by atoms with Gasteiger partial charge in [0.25, 0.3) is 0 Å². The number of nitrogens with zero attached hydrogens (tertiary/aromatic N) is 1. The van der Waals surface area contributed by atoms with E-state index >= 15 is 0 Å². The van der Waals surface area contributed by atoms with E-state index in [2.05, 4.69) is 10.2 Å². The van der Waals surface area contributed by atoms with Crippen LogP contribution in [0.25, 0.3) is 21.9 Å². The summed E-state index contributed by atoms with van der Waals surface area (Å²) >= 11 is 0. The number of furan rings is 1. The number of fused-ring (bicyclic) bond motifs is 2. The normalized spacial score (nSPS) is 11.8. The molecule has 0 bridgehead atoms. The molecule has 0 saturated carbocycles. The highest BCUT2D eigenvalue weighted by molar-refractivity contribution is 6.02. The van der Waals surface area contributed by atoms with Gasteiger partial charge in [0.2, 0.25) is 5.75 Å². The highest BCUT2D eigenvalue weighted by Crippen LogP contribution is 2.39. The quantitative estimate of drug-likeness (QED) is 0.345. The summed E-state index contributed by atoms with van der Waals surface area (Å²) in [5, 5.41) is 4.84. The van der Waals surface area contributed by atoms with Gasteiger partial charge in [0.15, 0.2) is 11.2 Å². The Kier molecular flexibility index (Phi) is 8.09. The first-order chi connectivity index (χ1) is 15.0. The predicted octanol–water partition coefficient (Wildman–Crippen LogP) is 2.85. The molecule has 0 atom stereocenters. The van der Waals surface area contributed by atoms with Crippen molar-refractivity contribution in [2.24, 2.45) is 0 Å². The Morgan fingerprint density at radius 1 is 1.00 bits per heavy atom. The minimum atomic E-state index is -0.404. The van der Waals surface area contributed by atoms with Crippen LogP contribution in [0.2, 0.25) is 0 Å². The molecule has 1 N–H and O–H groups in total. The van der Waals surface area contributed by atoms with Crippen molar-refractivity contribution in [1.29, 1.82) is 0 Å². The van der Waals surface area contributed by atoms with Gasteiger partial charge in [0, 0.05) is 42.0 Å². The largest absolute Gasteiger partial charge is 0.490 e. The van der Waals surface area contributed by atoms with Crippen LogP contribution in [0.1, 0.15) is 16.9 Å². The standard InChI is InChI=1S/C23H32N2O6/c1-15-12-20(26)31-21-17(15)13-18-19(16(2)30-22(18)23(21)27-5)14-25(4)7-9-29-11-10-28-8-6-24-3/h12-13,24H,6-11,14H2,1-5H3. The van der Waals surface area contributed by atoms with Gasteiger partial charge in [-0.25, -0.2) is 4.79 Å². The number of aryl methyl sites for hydroxylation is 2. The average Bonchev–Trinajstić information content (AvgIpc) is 3.03. The Morgan fingerprint density at radius 3 is 2.42 bits per heavy atom. The van der Waals surface area contributed by atoms with Gasteiger partial charge >= 0.3 is 5.63 Å². The number of likely N-dealkylation sites (N-methyl/N-ethyl adjacent to an activating group) is 2. The smallest absolute Gasteiger partial charge is 0.336 e. The maximum atomic E-state index is 11.9. The first kappa shape index (κ1) is 23.3. The van der Waals surface area contributed by atoms with Crippen LogP contribution in [0.3, 0.4) is 0 Å². The van der Waals surface area contributed by atoms with E-state index in [0.717, 1.165) is 40.7 Å². The van der Waals surface area contributed by atoms with Crippen LogP contribution in [-0.4, -0.2) is 65.6 Å². The van der Waals surface area contributed by atoms with Crippen LogP contribution in [0.4, 0.5) is 0 Å². The lowest BCUT2D eigenvalue weighted by atomic mass is 10.0. The molecule has 8 nitrogen and oxygen atoms in total. The Bertz CT molecular complexity index is 1070. The lowest BCUT2D eigenvalue weighted by Crippen LogP contribution is -2.24. The van der Waals surface area contributed by atoms with E-state index in [9.17, 15) is 4.79 Å². The summed E-state index contributed by atoms with van der Waals surface area (Å²) in [7, 11) is 5.51.